The van der Waals surface area contributed by atoms with E-state index >= 15 is 0 Å². The molecule has 9 nitrogen and oxygen atoms in total. The number of nitrogens with zero attached hydrogens (tertiary/aromatic N) is 3. The van der Waals surface area contributed by atoms with Crippen molar-refractivity contribution in [3.8, 4) is 0 Å². The van der Waals surface area contributed by atoms with Crippen molar-refractivity contribution in [2.24, 2.45) is 0 Å². The number of ether oxygens (including phenoxy) is 1. The molecule has 38 heavy (non-hydrogen) atoms. The van der Waals surface area contributed by atoms with Crippen LogP contribution in [0.3, 0.4) is 0 Å². The Morgan fingerprint density at radius 3 is 2.37 bits per heavy atom. The number of urea groups is 1. The summed E-state index contributed by atoms with van der Waals surface area (Å²) >= 11 is 5.92. The van der Waals surface area contributed by atoms with E-state index in [2.05, 4.69) is 11.9 Å². The Bertz CT molecular complexity index is 1310. The predicted octanol–water partition coefficient (Wildman–Crippen LogP) is 3.42. The van der Waals surface area contributed by atoms with E-state index in [1.54, 1.807) is 25.1 Å². The average molecular weight is 559 g/mol. The third-order valence-electron chi connectivity index (χ3n) is 6.53. The van der Waals surface area contributed by atoms with Crippen molar-refractivity contribution in [2.75, 3.05) is 45.9 Å². The lowest BCUT2D eigenvalue weighted by molar-refractivity contribution is -0.139. The van der Waals surface area contributed by atoms with Gasteiger partial charge in [0.2, 0.25) is 10.0 Å². The van der Waals surface area contributed by atoms with Gasteiger partial charge in [-0.3, -0.25) is 9.80 Å². The zero-order valence-electron chi connectivity index (χ0n) is 21.2. The lowest BCUT2D eigenvalue weighted by Gasteiger charge is -2.40. The zero-order chi connectivity index (χ0) is 27.3. The molecule has 2 aliphatic heterocycles. The van der Waals surface area contributed by atoms with Gasteiger partial charge in [-0.2, -0.15) is 4.31 Å². The largest absolute Gasteiger partial charge is 0.463 e. The number of sulfonamides is 1. The lowest BCUT2D eigenvalue weighted by atomic mass is 9.94. The number of carbonyl (C=O) groups excluding carboxylic acids is 2. The van der Waals surface area contributed by atoms with Crippen LogP contribution in [0, 0.1) is 0 Å². The first-order chi connectivity index (χ1) is 18.3. The molecule has 202 valence electrons. The number of hydrogen-bond acceptors (Lipinski definition) is 6. The van der Waals surface area contributed by atoms with E-state index in [1.165, 1.54) is 21.3 Å². The first kappa shape index (κ1) is 27.8. The standard InChI is InChI=1S/C27H31ClN4O5S/c1-3-14-32-23(24(26(33)37-4-2)25(29-27(32)34)20-8-6-5-7-9-20)19-30-15-17-31(18-16-30)38(35,36)22-12-10-21(28)11-13-22/h3,5-13,25H,1,4,14-19H2,2H3,(H,29,34). The topological polar surface area (TPSA) is 99.3 Å². The molecule has 0 radical (unpaired) electrons. The molecule has 1 saturated heterocycles. The summed E-state index contributed by atoms with van der Waals surface area (Å²) in [6.07, 6.45) is 1.60. The summed E-state index contributed by atoms with van der Waals surface area (Å²) in [4.78, 5) is 30.2. The maximum atomic E-state index is 13.3. The van der Waals surface area contributed by atoms with E-state index in [1.807, 2.05) is 35.2 Å². The number of amides is 2. The Balaban J connectivity index is 1.62. The Morgan fingerprint density at radius 2 is 1.76 bits per heavy atom. The normalized spacial score (nSPS) is 19.3. The van der Waals surface area contributed by atoms with Gasteiger partial charge >= 0.3 is 12.0 Å². The number of carbonyl (C=O) groups is 2. The van der Waals surface area contributed by atoms with Gasteiger partial charge in [0.25, 0.3) is 0 Å². The maximum absolute atomic E-state index is 13.3. The van der Waals surface area contributed by atoms with Crippen molar-refractivity contribution in [1.82, 2.24) is 19.4 Å². The molecular weight excluding hydrogens is 528 g/mol. The Morgan fingerprint density at radius 1 is 1.11 bits per heavy atom. The monoisotopic (exact) mass is 558 g/mol. The molecule has 0 saturated carbocycles. The number of nitrogens with one attached hydrogen (secondary N) is 1. The van der Waals surface area contributed by atoms with Crippen molar-refractivity contribution in [1.29, 1.82) is 0 Å². The van der Waals surface area contributed by atoms with Crippen LogP contribution in [0.2, 0.25) is 5.02 Å². The van der Waals surface area contributed by atoms with Crippen LogP contribution in [0.25, 0.3) is 0 Å². The van der Waals surface area contributed by atoms with Crippen molar-refractivity contribution >= 4 is 33.6 Å². The molecule has 1 N–H and O–H groups in total. The molecule has 2 aromatic carbocycles. The highest BCUT2D eigenvalue weighted by Gasteiger charge is 2.39. The second-order valence-corrected chi connectivity index (χ2v) is 11.3. The number of piperazine rings is 1. The summed E-state index contributed by atoms with van der Waals surface area (Å²) in [5, 5.41) is 3.40. The van der Waals surface area contributed by atoms with Crippen LogP contribution in [0.1, 0.15) is 18.5 Å². The van der Waals surface area contributed by atoms with Gasteiger partial charge in [-0.05, 0) is 36.8 Å². The minimum atomic E-state index is -3.67. The molecule has 1 fully saturated rings. The highest BCUT2D eigenvalue weighted by atomic mass is 35.5. The summed E-state index contributed by atoms with van der Waals surface area (Å²) in [5.41, 5.74) is 1.64. The van der Waals surface area contributed by atoms with Gasteiger partial charge in [-0.15, -0.1) is 6.58 Å². The quantitative estimate of drug-likeness (QED) is 0.374. The number of rotatable bonds is 9. The van der Waals surface area contributed by atoms with Gasteiger partial charge in [-0.1, -0.05) is 48.0 Å². The van der Waals surface area contributed by atoms with Crippen LogP contribution in [0.15, 0.2) is 83.4 Å². The highest BCUT2D eigenvalue weighted by Crippen LogP contribution is 2.32. The maximum Gasteiger partial charge on any atom is 0.338 e. The van der Waals surface area contributed by atoms with E-state index in [9.17, 15) is 18.0 Å². The molecular formula is C27H31ClN4O5S. The molecule has 2 aromatic rings. The van der Waals surface area contributed by atoms with E-state index in [0.29, 0.717) is 29.4 Å². The lowest BCUT2D eigenvalue weighted by Crippen LogP contribution is -2.53. The van der Waals surface area contributed by atoms with Gasteiger partial charge in [0, 0.05) is 50.0 Å². The SMILES string of the molecule is C=CCN1C(=O)NC(c2ccccc2)C(C(=O)OCC)=C1CN1CCN(S(=O)(=O)c2ccc(Cl)cc2)CC1. The molecule has 11 heteroatoms. The van der Waals surface area contributed by atoms with Crippen LogP contribution >= 0.6 is 11.6 Å². The second-order valence-electron chi connectivity index (χ2n) is 8.91. The molecule has 2 heterocycles. The number of benzene rings is 2. The van der Waals surface area contributed by atoms with Crippen molar-refractivity contribution in [3.63, 3.8) is 0 Å². The predicted molar refractivity (Wildman–Crippen MR) is 145 cm³/mol. The number of halogens is 1. The van der Waals surface area contributed by atoms with Crippen LogP contribution in [0.5, 0.6) is 0 Å². The van der Waals surface area contributed by atoms with Gasteiger partial charge in [0.05, 0.1) is 23.1 Å². The van der Waals surface area contributed by atoms with Gasteiger partial charge in [0.1, 0.15) is 0 Å². The third-order valence-corrected chi connectivity index (χ3v) is 8.70. The minimum Gasteiger partial charge on any atom is -0.463 e. The molecule has 1 atom stereocenters. The van der Waals surface area contributed by atoms with E-state index in [0.717, 1.165) is 5.56 Å². The first-order valence-corrected chi connectivity index (χ1v) is 14.2. The van der Waals surface area contributed by atoms with Crippen LogP contribution in [-0.4, -0.2) is 80.4 Å². The summed E-state index contributed by atoms with van der Waals surface area (Å²) in [5.74, 6) is -0.505. The number of hydrogen-bond donors (Lipinski definition) is 1. The minimum absolute atomic E-state index is 0.188. The number of esters is 1. The summed E-state index contributed by atoms with van der Waals surface area (Å²) in [6.45, 7) is 7.55. The van der Waals surface area contributed by atoms with E-state index in [-0.39, 0.29) is 43.7 Å². The highest BCUT2D eigenvalue weighted by molar-refractivity contribution is 7.89. The van der Waals surface area contributed by atoms with Crippen LogP contribution in [0.4, 0.5) is 4.79 Å². The van der Waals surface area contributed by atoms with Crippen molar-refractivity contribution in [3.05, 3.63) is 89.1 Å². The van der Waals surface area contributed by atoms with Gasteiger partial charge in [0.15, 0.2) is 0 Å². The Labute approximate surface area is 228 Å². The fourth-order valence-corrected chi connectivity index (χ4v) is 6.18. The molecule has 0 aliphatic carbocycles. The van der Waals surface area contributed by atoms with E-state index < -0.39 is 22.0 Å². The first-order valence-electron chi connectivity index (χ1n) is 12.4. The third kappa shape index (κ3) is 5.94. The van der Waals surface area contributed by atoms with Crippen molar-refractivity contribution in [2.45, 2.75) is 17.9 Å². The molecule has 1 unspecified atom stereocenters. The van der Waals surface area contributed by atoms with E-state index in [4.69, 9.17) is 16.3 Å². The molecule has 2 amide bonds. The smallest absolute Gasteiger partial charge is 0.338 e. The van der Waals surface area contributed by atoms with Crippen LogP contribution in [-0.2, 0) is 19.6 Å². The van der Waals surface area contributed by atoms with Crippen molar-refractivity contribution < 1.29 is 22.7 Å². The molecule has 0 bridgehead atoms. The molecule has 0 aromatic heterocycles. The second kappa shape index (κ2) is 12.1. The summed E-state index contributed by atoms with van der Waals surface area (Å²) in [6, 6.07) is 14.4. The summed E-state index contributed by atoms with van der Waals surface area (Å²) in [7, 11) is -3.67. The molecule has 0 spiro atoms. The Hall–Kier alpha value is -3.18. The van der Waals surface area contributed by atoms with Gasteiger partial charge < -0.3 is 10.1 Å². The fraction of sp³-hybridized carbons (Fsp3) is 0.333. The van der Waals surface area contributed by atoms with Crippen LogP contribution < -0.4 is 5.32 Å². The fourth-order valence-electron chi connectivity index (χ4n) is 4.64. The molecule has 2 aliphatic rings. The zero-order valence-corrected chi connectivity index (χ0v) is 22.7. The van der Waals surface area contributed by atoms with Gasteiger partial charge in [-0.25, -0.2) is 18.0 Å². The summed E-state index contributed by atoms with van der Waals surface area (Å²) < 4.78 is 33.1. The average Bonchev–Trinajstić information content (AvgIpc) is 2.91. The Kier molecular flexibility index (Phi) is 8.88. The molecule has 4 rings (SSSR count).